The molecule has 0 radical (unpaired) electrons. The Morgan fingerprint density at radius 3 is 2.52 bits per heavy atom. The van der Waals surface area contributed by atoms with Gasteiger partial charge in [0.2, 0.25) is 0 Å². The monoisotopic (exact) mass is 497 g/mol. The average molecular weight is 498 g/mol. The van der Waals surface area contributed by atoms with E-state index in [4.69, 9.17) is 9.84 Å². The van der Waals surface area contributed by atoms with E-state index in [1.165, 1.54) is 23.9 Å². The Bertz CT molecular complexity index is 986. The number of rotatable bonds is 9. The van der Waals surface area contributed by atoms with Gasteiger partial charge in [0.25, 0.3) is 0 Å². The van der Waals surface area contributed by atoms with E-state index >= 15 is 0 Å². The van der Waals surface area contributed by atoms with Gasteiger partial charge in [-0.05, 0) is 49.4 Å². The number of ether oxygens (including phenoxy) is 1. The fourth-order valence-corrected chi connectivity index (χ4v) is 7.13. The molecule has 9 heteroatoms. The Balaban J connectivity index is 2.22. The van der Waals surface area contributed by atoms with Crippen LogP contribution < -0.4 is 9.64 Å². The molecule has 0 aromatic heterocycles. The third-order valence-corrected chi connectivity index (χ3v) is 8.99. The summed E-state index contributed by atoms with van der Waals surface area (Å²) < 4.78 is 42.0. The highest BCUT2D eigenvalue weighted by molar-refractivity contribution is 8.24. The molecule has 1 aliphatic rings. The fourth-order valence-electron chi connectivity index (χ4n) is 4.33. The zero-order valence-corrected chi connectivity index (χ0v) is 20.8. The normalized spacial score (nSPS) is 20.6. The van der Waals surface area contributed by atoms with E-state index in [1.54, 1.807) is 18.2 Å². The Morgan fingerprint density at radius 2 is 1.94 bits per heavy atom. The number of thioether (sulfide) groups is 1. The molecule has 182 valence electrons. The predicted octanol–water partition coefficient (Wildman–Crippen LogP) is 6.86. The highest BCUT2D eigenvalue weighted by atomic mass is 32.3. The van der Waals surface area contributed by atoms with E-state index in [2.05, 4.69) is 13.8 Å². The Hall–Kier alpha value is -1.94. The van der Waals surface area contributed by atoms with Crippen molar-refractivity contribution in [3.8, 4) is 5.75 Å². The van der Waals surface area contributed by atoms with Gasteiger partial charge in [0, 0.05) is 29.5 Å². The maximum atomic E-state index is 13.7. The third kappa shape index (κ3) is 5.77. The molecule has 3 rings (SSSR count). The van der Waals surface area contributed by atoms with Gasteiger partial charge < -0.3 is 14.7 Å². The molecular weight excluding hydrogens is 465 g/mol. The van der Waals surface area contributed by atoms with E-state index in [1.807, 2.05) is 17.2 Å². The van der Waals surface area contributed by atoms with Gasteiger partial charge in [-0.1, -0.05) is 26.7 Å². The number of hydrogen-bond donors (Lipinski definition) is 3. The minimum atomic E-state index is -3.22. The van der Waals surface area contributed by atoms with Crippen LogP contribution in [0, 0.1) is 11.2 Å². The highest BCUT2D eigenvalue weighted by Gasteiger charge is 2.42. The van der Waals surface area contributed by atoms with Crippen molar-refractivity contribution < 1.29 is 28.1 Å². The summed E-state index contributed by atoms with van der Waals surface area (Å²) in [4.78, 5) is 14.1. The molecule has 2 aromatic rings. The quantitative estimate of drug-likeness (QED) is 0.326. The number of carboxylic acid groups (broad SMARTS) is 1. The van der Waals surface area contributed by atoms with Crippen molar-refractivity contribution in [2.24, 2.45) is 5.41 Å². The topological polar surface area (TPSA) is 90.2 Å². The number of unbranched alkanes of at least 4 members (excludes halogenated alkanes) is 1. The molecule has 0 spiro atoms. The standard InChI is InChI=1S/C24H32FNO5S2/c1-4-6-11-24(5-2)15-26(18-9-7-17(25)8-10-18)19-12-21(32-3)20(31-14-23(27)28)13-22(19)33(29,30)16-24/h7-10,12-13,29-30H,4-6,11,14-16H2,1-3H3,(H,27,28). The SMILES string of the molecule is CCCCC1(CC)CN(c2ccc(F)cc2)c2cc(SC)c(OCC(=O)O)cc2S(O)(O)C1. The van der Waals surface area contributed by atoms with Crippen LogP contribution in [0.4, 0.5) is 15.8 Å². The summed E-state index contributed by atoms with van der Waals surface area (Å²) in [5, 5.41) is 9.06. The molecule has 1 heterocycles. The lowest BCUT2D eigenvalue weighted by Crippen LogP contribution is -2.37. The smallest absolute Gasteiger partial charge is 0.341 e. The molecule has 0 aliphatic carbocycles. The van der Waals surface area contributed by atoms with Crippen LogP contribution in [0.25, 0.3) is 0 Å². The molecule has 1 aliphatic heterocycles. The summed E-state index contributed by atoms with van der Waals surface area (Å²) >= 11 is 1.39. The second-order valence-electron chi connectivity index (χ2n) is 8.48. The number of hydrogen-bond acceptors (Lipinski definition) is 6. The predicted molar refractivity (Wildman–Crippen MR) is 133 cm³/mol. The summed E-state index contributed by atoms with van der Waals surface area (Å²) in [6, 6.07) is 9.59. The lowest BCUT2D eigenvalue weighted by Gasteiger charge is -2.41. The first-order valence-electron chi connectivity index (χ1n) is 11.0. The number of anilines is 2. The van der Waals surface area contributed by atoms with Crippen molar-refractivity contribution in [3.05, 3.63) is 42.2 Å². The largest absolute Gasteiger partial charge is 0.481 e. The number of fused-ring (bicyclic) bond motifs is 1. The summed E-state index contributed by atoms with van der Waals surface area (Å²) in [6.07, 6.45) is 5.39. The van der Waals surface area contributed by atoms with E-state index in [9.17, 15) is 18.3 Å². The molecule has 1 unspecified atom stereocenters. The van der Waals surface area contributed by atoms with Gasteiger partial charge >= 0.3 is 5.97 Å². The Kier molecular flexibility index (Phi) is 8.21. The third-order valence-electron chi connectivity index (χ3n) is 6.19. The maximum Gasteiger partial charge on any atom is 0.341 e. The van der Waals surface area contributed by atoms with Gasteiger partial charge in [-0.15, -0.1) is 11.8 Å². The zero-order chi connectivity index (χ0) is 24.2. The maximum absolute atomic E-state index is 13.7. The van der Waals surface area contributed by atoms with Gasteiger partial charge in [-0.25, -0.2) is 9.18 Å². The summed E-state index contributed by atoms with van der Waals surface area (Å²) in [7, 11) is -3.22. The van der Waals surface area contributed by atoms with Gasteiger partial charge in [-0.3, -0.25) is 9.11 Å². The minimum absolute atomic E-state index is 0.207. The van der Waals surface area contributed by atoms with E-state index in [0.29, 0.717) is 27.8 Å². The number of halogens is 1. The van der Waals surface area contributed by atoms with Crippen LogP contribution in [0.1, 0.15) is 39.5 Å². The molecule has 0 saturated carbocycles. The second kappa shape index (κ2) is 10.5. The fraction of sp³-hybridized carbons (Fsp3) is 0.458. The highest BCUT2D eigenvalue weighted by Crippen LogP contribution is 2.62. The van der Waals surface area contributed by atoms with Crippen LogP contribution in [-0.2, 0) is 4.79 Å². The first kappa shape index (κ1) is 25.7. The first-order valence-corrected chi connectivity index (χ1v) is 13.9. The molecule has 1 atom stereocenters. The molecule has 3 N–H and O–H groups in total. The van der Waals surface area contributed by atoms with Crippen LogP contribution in [0.15, 0.2) is 46.2 Å². The number of carbonyl (C=O) groups is 1. The molecule has 0 saturated heterocycles. The van der Waals surface area contributed by atoms with Crippen LogP contribution >= 0.6 is 22.4 Å². The average Bonchev–Trinajstić information content (AvgIpc) is 2.88. The number of aliphatic carboxylic acids is 1. The molecule has 6 nitrogen and oxygen atoms in total. The Morgan fingerprint density at radius 1 is 1.24 bits per heavy atom. The van der Waals surface area contributed by atoms with Crippen molar-refractivity contribution in [1.29, 1.82) is 0 Å². The molecule has 0 fully saturated rings. The van der Waals surface area contributed by atoms with Crippen molar-refractivity contribution in [2.45, 2.75) is 49.3 Å². The van der Waals surface area contributed by atoms with Crippen LogP contribution in [0.5, 0.6) is 5.75 Å². The first-order chi connectivity index (χ1) is 15.6. The van der Waals surface area contributed by atoms with Crippen LogP contribution in [0.2, 0.25) is 0 Å². The van der Waals surface area contributed by atoms with Gasteiger partial charge in [0.05, 0.1) is 15.5 Å². The minimum Gasteiger partial charge on any atom is -0.481 e. The summed E-state index contributed by atoms with van der Waals surface area (Å²) in [5.74, 6) is -0.938. The van der Waals surface area contributed by atoms with Crippen LogP contribution in [-0.4, -0.2) is 45.3 Å². The van der Waals surface area contributed by atoms with Crippen LogP contribution in [0.3, 0.4) is 0 Å². The lowest BCUT2D eigenvalue weighted by molar-refractivity contribution is -0.139. The van der Waals surface area contributed by atoms with Crippen molar-refractivity contribution in [1.82, 2.24) is 0 Å². The Labute approximate surface area is 200 Å². The summed E-state index contributed by atoms with van der Waals surface area (Å²) in [6.45, 7) is 4.21. The van der Waals surface area contributed by atoms with Crippen molar-refractivity contribution in [2.75, 3.05) is 30.1 Å². The number of benzene rings is 2. The van der Waals surface area contributed by atoms with Gasteiger partial charge in [0.15, 0.2) is 6.61 Å². The molecule has 2 aromatic carbocycles. The molecule has 33 heavy (non-hydrogen) atoms. The van der Waals surface area contributed by atoms with Gasteiger partial charge in [0.1, 0.15) is 11.6 Å². The van der Waals surface area contributed by atoms with E-state index in [0.717, 1.165) is 31.4 Å². The van der Waals surface area contributed by atoms with E-state index < -0.39 is 23.2 Å². The van der Waals surface area contributed by atoms with E-state index in [-0.39, 0.29) is 17.0 Å². The molecular formula is C24H32FNO5S2. The van der Waals surface area contributed by atoms with Gasteiger partial charge in [-0.2, -0.15) is 10.6 Å². The lowest BCUT2D eigenvalue weighted by atomic mass is 9.81. The second-order valence-corrected chi connectivity index (χ2v) is 11.4. The van der Waals surface area contributed by atoms with Crippen molar-refractivity contribution >= 4 is 39.7 Å². The summed E-state index contributed by atoms with van der Waals surface area (Å²) in [5.41, 5.74) is 1.03. The molecule has 0 amide bonds. The molecule has 0 bridgehead atoms. The van der Waals surface area contributed by atoms with Crippen molar-refractivity contribution in [3.63, 3.8) is 0 Å². The zero-order valence-electron chi connectivity index (χ0n) is 19.2. The number of nitrogens with zero attached hydrogens (tertiary/aromatic N) is 1. The number of carboxylic acids is 1.